The second-order valence-corrected chi connectivity index (χ2v) is 9.95. The molecule has 1 N–H and O–H groups in total. The van der Waals surface area contributed by atoms with E-state index in [2.05, 4.69) is 43.8 Å². The van der Waals surface area contributed by atoms with Gasteiger partial charge in [0.15, 0.2) is 0 Å². The van der Waals surface area contributed by atoms with Gasteiger partial charge in [0.25, 0.3) is 0 Å². The molecule has 2 aromatic carbocycles. The molecule has 1 fully saturated rings. The summed E-state index contributed by atoms with van der Waals surface area (Å²) in [6.45, 7) is 0.454. The Morgan fingerprint density at radius 1 is 1.20 bits per heavy atom. The molecule has 0 aromatic heterocycles. The van der Waals surface area contributed by atoms with Crippen molar-refractivity contribution in [2.45, 2.75) is 10.9 Å². The highest BCUT2D eigenvalue weighted by Gasteiger charge is 2.39. The van der Waals surface area contributed by atoms with Crippen LogP contribution < -0.4 is 5.32 Å². The maximum absolute atomic E-state index is 13.2. The van der Waals surface area contributed by atoms with E-state index in [9.17, 15) is 13.2 Å². The summed E-state index contributed by atoms with van der Waals surface area (Å²) in [6.07, 6.45) is 0. The van der Waals surface area contributed by atoms with Gasteiger partial charge in [0.05, 0.1) is 4.90 Å². The fourth-order valence-electron chi connectivity index (χ4n) is 2.68. The molecule has 25 heavy (non-hydrogen) atoms. The predicted molar refractivity (Wildman–Crippen MR) is 108 cm³/mol. The van der Waals surface area contributed by atoms with E-state index in [1.54, 1.807) is 18.2 Å². The number of nitrogens with one attached hydrogen (secondary N) is 1. The number of hydrogen-bond acceptors (Lipinski definition) is 3. The second-order valence-electron chi connectivity index (χ2n) is 5.47. The molecule has 132 valence electrons. The van der Waals surface area contributed by atoms with Crippen molar-refractivity contribution in [2.75, 3.05) is 13.1 Å². The molecule has 2 aromatic rings. The Balaban J connectivity index is 2.08. The first kappa shape index (κ1) is 19.1. The van der Waals surface area contributed by atoms with E-state index in [0.29, 0.717) is 15.1 Å². The molecule has 1 aliphatic rings. The van der Waals surface area contributed by atoms with Crippen LogP contribution in [0, 0.1) is 3.57 Å². The van der Waals surface area contributed by atoms with Crippen LogP contribution in [0.1, 0.15) is 11.6 Å². The molecule has 0 spiro atoms. The first-order valence-corrected chi connectivity index (χ1v) is 11.0. The van der Waals surface area contributed by atoms with Crippen LogP contribution in [0.15, 0.2) is 51.8 Å². The van der Waals surface area contributed by atoms with Crippen LogP contribution in [0.3, 0.4) is 0 Å². The average molecular weight is 556 g/mol. The van der Waals surface area contributed by atoms with Crippen molar-refractivity contribution in [3.05, 3.63) is 61.1 Å². The quantitative estimate of drug-likeness (QED) is 0.590. The van der Waals surface area contributed by atoms with Crippen molar-refractivity contribution in [3.63, 3.8) is 0 Å². The molecule has 0 aliphatic carbocycles. The zero-order chi connectivity index (χ0) is 18.2. The van der Waals surface area contributed by atoms with E-state index in [4.69, 9.17) is 11.6 Å². The van der Waals surface area contributed by atoms with Crippen LogP contribution in [-0.2, 0) is 14.8 Å². The minimum absolute atomic E-state index is 0.0529. The Bertz CT molecular complexity index is 901. The minimum Gasteiger partial charge on any atom is -0.353 e. The molecule has 0 radical (unpaired) electrons. The van der Waals surface area contributed by atoms with Gasteiger partial charge in [-0.05, 0) is 58.5 Å². The lowest BCUT2D eigenvalue weighted by Gasteiger charge is -2.34. The van der Waals surface area contributed by atoms with Crippen molar-refractivity contribution in [1.82, 2.24) is 9.62 Å². The number of hydrogen-bond donors (Lipinski definition) is 1. The zero-order valence-electron chi connectivity index (χ0n) is 12.7. The van der Waals surface area contributed by atoms with Gasteiger partial charge in [-0.1, -0.05) is 39.7 Å². The molecule has 1 atom stereocenters. The summed E-state index contributed by atoms with van der Waals surface area (Å²) >= 11 is 11.4. The molecule has 1 saturated heterocycles. The fraction of sp³-hybridized carbons (Fsp3) is 0.188. The number of piperazine rings is 1. The third kappa shape index (κ3) is 4.02. The maximum atomic E-state index is 13.2. The summed E-state index contributed by atoms with van der Waals surface area (Å²) in [5.41, 5.74) is 0.627. The Labute approximate surface area is 173 Å². The van der Waals surface area contributed by atoms with Crippen molar-refractivity contribution in [3.8, 4) is 0 Å². The van der Waals surface area contributed by atoms with Gasteiger partial charge in [0.2, 0.25) is 15.9 Å². The van der Waals surface area contributed by atoms with Gasteiger partial charge in [-0.2, -0.15) is 4.31 Å². The molecule has 0 bridgehead atoms. The lowest BCUT2D eigenvalue weighted by Crippen LogP contribution is -2.52. The number of amides is 1. The lowest BCUT2D eigenvalue weighted by molar-refractivity contribution is -0.126. The largest absolute Gasteiger partial charge is 0.353 e. The smallest absolute Gasteiger partial charge is 0.244 e. The monoisotopic (exact) mass is 554 g/mol. The van der Waals surface area contributed by atoms with Crippen molar-refractivity contribution in [2.24, 2.45) is 0 Å². The number of halogens is 3. The van der Waals surface area contributed by atoms with E-state index in [1.165, 1.54) is 16.4 Å². The molecular weight excluding hydrogens is 543 g/mol. The summed E-state index contributed by atoms with van der Waals surface area (Å²) in [6, 6.07) is 10.8. The number of carbonyl (C=O) groups excluding carboxylic acids is 1. The number of carbonyl (C=O) groups is 1. The summed E-state index contributed by atoms with van der Waals surface area (Å²) < 4.78 is 29.1. The first-order valence-electron chi connectivity index (χ1n) is 7.30. The maximum Gasteiger partial charge on any atom is 0.244 e. The standard InChI is InChI=1S/C16H13BrClIN2O3S/c17-11-7-12(18)9-14(8-11)25(23,24)21-6-5-20-16(22)15(21)10-1-3-13(19)4-2-10/h1-4,7-9,15H,5-6H2,(H,20,22). The summed E-state index contributed by atoms with van der Waals surface area (Å²) in [4.78, 5) is 12.5. The van der Waals surface area contributed by atoms with E-state index < -0.39 is 16.1 Å². The molecular formula is C16H13BrClIN2O3S. The third-order valence-electron chi connectivity index (χ3n) is 3.80. The lowest BCUT2D eigenvalue weighted by atomic mass is 10.1. The second kappa shape index (κ2) is 7.51. The number of rotatable bonds is 3. The Hall–Kier alpha value is -0.680. The van der Waals surface area contributed by atoms with E-state index in [-0.39, 0.29) is 23.9 Å². The highest BCUT2D eigenvalue weighted by Crippen LogP contribution is 2.32. The van der Waals surface area contributed by atoms with Crippen LogP contribution in [-0.4, -0.2) is 31.7 Å². The molecule has 5 nitrogen and oxygen atoms in total. The van der Waals surface area contributed by atoms with E-state index in [1.807, 2.05) is 12.1 Å². The van der Waals surface area contributed by atoms with Crippen LogP contribution in [0.4, 0.5) is 0 Å². The Morgan fingerprint density at radius 3 is 2.52 bits per heavy atom. The van der Waals surface area contributed by atoms with Crippen LogP contribution in [0.5, 0.6) is 0 Å². The van der Waals surface area contributed by atoms with Crippen LogP contribution in [0.25, 0.3) is 0 Å². The predicted octanol–water partition coefficient (Wildman–Crippen LogP) is 3.57. The molecule has 9 heteroatoms. The van der Waals surface area contributed by atoms with E-state index >= 15 is 0 Å². The van der Waals surface area contributed by atoms with Gasteiger partial charge < -0.3 is 5.32 Å². The van der Waals surface area contributed by atoms with Gasteiger partial charge in [-0.25, -0.2) is 8.42 Å². The van der Waals surface area contributed by atoms with Crippen LogP contribution in [0.2, 0.25) is 5.02 Å². The molecule has 1 aliphatic heterocycles. The molecule has 1 unspecified atom stereocenters. The number of sulfonamides is 1. The van der Waals surface area contributed by atoms with Crippen molar-refractivity contribution >= 4 is 66.1 Å². The number of benzene rings is 2. The molecule has 1 heterocycles. The molecule has 0 saturated carbocycles. The average Bonchev–Trinajstić information content (AvgIpc) is 2.55. The Morgan fingerprint density at radius 2 is 1.88 bits per heavy atom. The summed E-state index contributed by atoms with van der Waals surface area (Å²) in [5, 5.41) is 3.05. The van der Waals surface area contributed by atoms with E-state index in [0.717, 1.165) is 3.57 Å². The van der Waals surface area contributed by atoms with Gasteiger partial charge >= 0.3 is 0 Å². The van der Waals surface area contributed by atoms with Gasteiger partial charge in [0.1, 0.15) is 6.04 Å². The highest BCUT2D eigenvalue weighted by molar-refractivity contribution is 14.1. The minimum atomic E-state index is -3.89. The third-order valence-corrected chi connectivity index (χ3v) is 7.03. The fourth-order valence-corrected chi connectivity index (χ4v) is 5.77. The zero-order valence-corrected chi connectivity index (χ0v) is 18.1. The Kier molecular flexibility index (Phi) is 5.74. The molecule has 3 rings (SSSR count). The van der Waals surface area contributed by atoms with Gasteiger partial charge in [-0.15, -0.1) is 0 Å². The SMILES string of the molecule is O=C1NCCN(S(=O)(=O)c2cc(Cl)cc(Br)c2)C1c1ccc(I)cc1. The first-order chi connectivity index (χ1) is 11.8. The van der Waals surface area contributed by atoms with Crippen molar-refractivity contribution < 1.29 is 13.2 Å². The topological polar surface area (TPSA) is 66.5 Å². The number of nitrogens with zero attached hydrogens (tertiary/aromatic N) is 1. The van der Waals surface area contributed by atoms with Gasteiger partial charge in [-0.3, -0.25) is 4.79 Å². The normalized spacial score (nSPS) is 18.8. The molecule has 1 amide bonds. The van der Waals surface area contributed by atoms with Crippen molar-refractivity contribution in [1.29, 1.82) is 0 Å². The van der Waals surface area contributed by atoms with Gasteiger partial charge in [0, 0.05) is 26.2 Å². The summed E-state index contributed by atoms with van der Waals surface area (Å²) in [7, 11) is -3.89. The summed E-state index contributed by atoms with van der Waals surface area (Å²) in [5.74, 6) is -0.336. The highest BCUT2D eigenvalue weighted by atomic mass is 127. The van der Waals surface area contributed by atoms with Crippen LogP contribution >= 0.6 is 50.1 Å².